The first kappa shape index (κ1) is 9.32. The van der Waals surface area contributed by atoms with Crippen molar-refractivity contribution in [2.24, 2.45) is 0 Å². The molecule has 1 aromatic carbocycles. The molecule has 0 aromatic heterocycles. The molecule has 1 heterocycles. The number of para-hydroxylation sites is 1. The Morgan fingerprint density at radius 3 is 3.00 bits per heavy atom. The molecule has 0 bridgehead atoms. The van der Waals surface area contributed by atoms with Gasteiger partial charge in [-0.25, -0.2) is 0 Å². The zero-order chi connectivity index (χ0) is 9.80. The fourth-order valence-corrected chi connectivity index (χ4v) is 1.75. The van der Waals surface area contributed by atoms with Gasteiger partial charge >= 0.3 is 0 Å². The molecule has 0 fully saturated rings. The predicted molar refractivity (Wildman–Crippen MR) is 59.1 cm³/mol. The monoisotopic (exact) mass is 187 g/mol. The molecule has 0 N–H and O–H groups in total. The number of ether oxygens (including phenoxy) is 1. The maximum atomic E-state index is 5.54. The van der Waals surface area contributed by atoms with E-state index in [0.29, 0.717) is 6.61 Å². The maximum Gasteiger partial charge on any atom is 0.127 e. The van der Waals surface area contributed by atoms with E-state index < -0.39 is 0 Å². The van der Waals surface area contributed by atoms with Crippen LogP contribution in [0.3, 0.4) is 0 Å². The van der Waals surface area contributed by atoms with Crippen LogP contribution in [0.1, 0.15) is 24.8 Å². The van der Waals surface area contributed by atoms with Crippen molar-refractivity contribution in [3.8, 4) is 5.75 Å². The lowest BCUT2D eigenvalue weighted by Crippen LogP contribution is -2.04. The molecule has 1 nitrogen and oxygen atoms in total. The number of fused-ring (bicyclic) bond motifs is 1. The molecule has 1 aromatic rings. The number of hydrogen-bond acceptors (Lipinski definition) is 1. The molecule has 0 spiro atoms. The highest BCUT2D eigenvalue weighted by Gasteiger charge is 2.11. The fraction of sp³-hybridized carbons (Fsp3) is 0.308. The van der Waals surface area contributed by atoms with Crippen molar-refractivity contribution in [1.29, 1.82) is 0 Å². The summed E-state index contributed by atoms with van der Waals surface area (Å²) in [5.74, 6) is 1.02. The summed E-state index contributed by atoms with van der Waals surface area (Å²) in [5, 5.41) is 0. The molecule has 1 heteroatoms. The normalized spacial score (nSPS) is 14.2. The first-order valence-electron chi connectivity index (χ1n) is 5.12. The molecule has 0 atom stereocenters. The first-order valence-corrected chi connectivity index (χ1v) is 5.12. The number of allylic oxidation sites excluding steroid dienone is 1. The zero-order valence-electron chi connectivity index (χ0n) is 8.33. The summed E-state index contributed by atoms with van der Waals surface area (Å²) in [6.07, 6.45) is 5.45. The van der Waals surface area contributed by atoms with Crippen LogP contribution >= 0.6 is 0 Å². The van der Waals surface area contributed by atoms with Gasteiger partial charge in [0.25, 0.3) is 0 Å². The third-order valence-electron chi connectivity index (χ3n) is 2.50. The molecule has 0 unspecified atom stereocenters. The Hall–Kier alpha value is -1.24. The Morgan fingerprint density at radius 1 is 1.29 bits per heavy atom. The van der Waals surface area contributed by atoms with Crippen molar-refractivity contribution >= 4 is 5.57 Å². The third-order valence-corrected chi connectivity index (χ3v) is 2.50. The van der Waals surface area contributed by atoms with Crippen LogP contribution < -0.4 is 4.74 Å². The first-order chi connectivity index (χ1) is 6.92. The predicted octanol–water partition coefficient (Wildman–Crippen LogP) is 3.47. The van der Waals surface area contributed by atoms with Gasteiger partial charge < -0.3 is 4.74 Å². The van der Waals surface area contributed by atoms with Gasteiger partial charge in [0, 0.05) is 5.56 Å². The lowest BCUT2D eigenvalue weighted by atomic mass is 9.98. The van der Waals surface area contributed by atoms with Crippen LogP contribution in [0, 0.1) is 6.92 Å². The smallest absolute Gasteiger partial charge is 0.127 e. The van der Waals surface area contributed by atoms with Crippen LogP contribution in [0.5, 0.6) is 5.75 Å². The average Bonchev–Trinajstić information content (AvgIpc) is 2.26. The minimum atomic E-state index is 0.712. The van der Waals surface area contributed by atoms with Crippen LogP contribution in [0.15, 0.2) is 30.3 Å². The van der Waals surface area contributed by atoms with E-state index >= 15 is 0 Å². The van der Waals surface area contributed by atoms with E-state index in [4.69, 9.17) is 4.74 Å². The number of benzene rings is 1. The van der Waals surface area contributed by atoms with Gasteiger partial charge in [-0.05, 0) is 30.6 Å². The van der Waals surface area contributed by atoms with Crippen molar-refractivity contribution in [3.63, 3.8) is 0 Å². The molecular weight excluding hydrogens is 172 g/mol. The second-order valence-corrected chi connectivity index (χ2v) is 3.49. The lowest BCUT2D eigenvalue weighted by molar-refractivity contribution is 0.356. The van der Waals surface area contributed by atoms with E-state index in [1.165, 1.54) is 11.1 Å². The highest BCUT2D eigenvalue weighted by molar-refractivity contribution is 5.71. The summed E-state index contributed by atoms with van der Waals surface area (Å²) in [7, 11) is 0. The minimum absolute atomic E-state index is 0.712. The van der Waals surface area contributed by atoms with E-state index in [-0.39, 0.29) is 0 Å². The Morgan fingerprint density at radius 2 is 2.14 bits per heavy atom. The summed E-state index contributed by atoms with van der Waals surface area (Å²) in [5.41, 5.74) is 2.67. The van der Waals surface area contributed by atoms with Gasteiger partial charge in [0.15, 0.2) is 0 Å². The maximum absolute atomic E-state index is 5.54. The molecule has 1 aliphatic heterocycles. The van der Waals surface area contributed by atoms with Crippen molar-refractivity contribution < 1.29 is 4.74 Å². The van der Waals surface area contributed by atoms with E-state index in [0.717, 1.165) is 25.0 Å². The standard InChI is InChI=1S/C13H15O/c1-2-3-6-11-9-10-14-13-8-5-4-7-12(11)13/h4-5,7-9H,1-3,6,10H2. The van der Waals surface area contributed by atoms with Crippen molar-refractivity contribution in [2.75, 3.05) is 6.61 Å². The third kappa shape index (κ3) is 1.82. The number of rotatable bonds is 3. The molecule has 0 aliphatic carbocycles. The van der Waals surface area contributed by atoms with Crippen LogP contribution in [0.25, 0.3) is 5.57 Å². The van der Waals surface area contributed by atoms with E-state index in [1.54, 1.807) is 0 Å². The SMILES string of the molecule is [CH2]CCCC1=CCOc2ccccc21. The molecule has 0 saturated heterocycles. The highest BCUT2D eigenvalue weighted by Crippen LogP contribution is 2.32. The van der Waals surface area contributed by atoms with Crippen LogP contribution in [-0.2, 0) is 0 Å². The van der Waals surface area contributed by atoms with Crippen LogP contribution in [-0.4, -0.2) is 6.61 Å². The molecule has 0 saturated carbocycles. The topological polar surface area (TPSA) is 9.23 Å². The summed E-state index contributed by atoms with van der Waals surface area (Å²) in [6.45, 7) is 4.58. The summed E-state index contributed by atoms with van der Waals surface area (Å²) >= 11 is 0. The van der Waals surface area contributed by atoms with Gasteiger partial charge in [0.05, 0.1) is 0 Å². The summed E-state index contributed by atoms with van der Waals surface area (Å²) < 4.78 is 5.54. The zero-order valence-corrected chi connectivity index (χ0v) is 8.33. The molecular formula is C13H15O. The van der Waals surface area contributed by atoms with Gasteiger partial charge in [-0.15, -0.1) is 0 Å². The average molecular weight is 187 g/mol. The molecule has 1 radical (unpaired) electrons. The fourth-order valence-electron chi connectivity index (χ4n) is 1.75. The van der Waals surface area contributed by atoms with Crippen LogP contribution in [0.4, 0.5) is 0 Å². The van der Waals surface area contributed by atoms with Gasteiger partial charge in [-0.1, -0.05) is 31.5 Å². The van der Waals surface area contributed by atoms with E-state index in [1.807, 2.05) is 12.1 Å². The molecule has 2 rings (SSSR count). The lowest BCUT2D eigenvalue weighted by Gasteiger charge is -2.18. The molecule has 14 heavy (non-hydrogen) atoms. The van der Waals surface area contributed by atoms with Crippen molar-refractivity contribution in [2.45, 2.75) is 19.3 Å². The second-order valence-electron chi connectivity index (χ2n) is 3.49. The minimum Gasteiger partial charge on any atom is -0.489 e. The Labute approximate surface area is 85.4 Å². The Bertz CT molecular complexity index is 339. The second kappa shape index (κ2) is 4.32. The Balaban J connectivity index is 2.22. The van der Waals surface area contributed by atoms with Crippen LogP contribution in [0.2, 0.25) is 0 Å². The van der Waals surface area contributed by atoms with E-state index in [2.05, 4.69) is 25.1 Å². The van der Waals surface area contributed by atoms with Gasteiger partial charge in [-0.3, -0.25) is 0 Å². The largest absolute Gasteiger partial charge is 0.489 e. The molecule has 1 aliphatic rings. The summed E-state index contributed by atoms with van der Waals surface area (Å²) in [6, 6.07) is 8.24. The quantitative estimate of drug-likeness (QED) is 0.704. The van der Waals surface area contributed by atoms with Gasteiger partial charge in [0.2, 0.25) is 0 Å². The number of unbranched alkanes of at least 4 members (excludes halogenated alkanes) is 1. The molecule has 0 amide bonds. The van der Waals surface area contributed by atoms with E-state index in [9.17, 15) is 0 Å². The highest BCUT2D eigenvalue weighted by atomic mass is 16.5. The van der Waals surface area contributed by atoms with Crippen molar-refractivity contribution in [3.05, 3.63) is 42.8 Å². The summed E-state index contributed by atoms with van der Waals surface area (Å²) in [4.78, 5) is 0. The van der Waals surface area contributed by atoms with Gasteiger partial charge in [0.1, 0.15) is 12.4 Å². The Kier molecular flexibility index (Phi) is 2.87. The molecule has 73 valence electrons. The number of hydrogen-bond donors (Lipinski definition) is 0. The van der Waals surface area contributed by atoms with Crippen molar-refractivity contribution in [1.82, 2.24) is 0 Å². The van der Waals surface area contributed by atoms with Gasteiger partial charge in [-0.2, -0.15) is 0 Å².